The van der Waals surface area contributed by atoms with Crippen molar-refractivity contribution in [1.82, 2.24) is 5.32 Å². The molecule has 0 heterocycles. The zero-order valence-corrected chi connectivity index (χ0v) is 10.2. The van der Waals surface area contributed by atoms with Gasteiger partial charge in [-0.25, -0.2) is 0 Å². The Kier molecular flexibility index (Phi) is 5.11. The average molecular weight is 273 g/mol. The van der Waals surface area contributed by atoms with Gasteiger partial charge in [0.05, 0.1) is 12.6 Å². The molecule has 3 nitrogen and oxygen atoms in total. The quantitative estimate of drug-likeness (QED) is 0.810. The van der Waals surface area contributed by atoms with Gasteiger partial charge in [-0.05, 0) is 12.5 Å². The molecule has 0 fully saturated rings. The fourth-order valence-electron chi connectivity index (χ4n) is 1.51. The zero-order valence-electron chi connectivity index (χ0n) is 10.2. The maximum atomic E-state index is 12.1. The normalized spacial score (nSPS) is 14.1. The summed E-state index contributed by atoms with van der Waals surface area (Å²) in [6.45, 7) is 1.05. The monoisotopic (exact) mass is 273 g/mol. The highest BCUT2D eigenvalue weighted by Crippen LogP contribution is 2.18. The fourth-order valence-corrected chi connectivity index (χ4v) is 1.51. The van der Waals surface area contributed by atoms with Crippen LogP contribution in [0, 0.1) is 0 Å². The zero-order chi connectivity index (χ0) is 14.5. The molecule has 19 heavy (non-hydrogen) atoms. The van der Waals surface area contributed by atoms with Crippen molar-refractivity contribution < 1.29 is 23.1 Å². The smallest absolute Gasteiger partial charge is 0.394 e. The summed E-state index contributed by atoms with van der Waals surface area (Å²) in [5, 5.41) is 11.9. The number of alkyl halides is 3. The van der Waals surface area contributed by atoms with Crippen LogP contribution in [0.3, 0.4) is 0 Å². The van der Waals surface area contributed by atoms with E-state index in [0.717, 1.165) is 5.56 Å². The number of rotatable bonds is 5. The summed E-state index contributed by atoms with van der Waals surface area (Å²) >= 11 is 0. The van der Waals surface area contributed by atoms with Crippen LogP contribution in [0.15, 0.2) is 42.1 Å². The number of aliphatic hydroxyl groups excluding tert-OH is 1. The predicted octanol–water partition coefficient (Wildman–Crippen LogP) is 2.34. The summed E-state index contributed by atoms with van der Waals surface area (Å²) in [5.41, 5.74) is 0.766. The number of benzene rings is 1. The second-order valence-corrected chi connectivity index (χ2v) is 3.98. The van der Waals surface area contributed by atoms with E-state index >= 15 is 0 Å². The topological polar surface area (TPSA) is 49.3 Å². The van der Waals surface area contributed by atoms with Gasteiger partial charge in [-0.1, -0.05) is 30.3 Å². The van der Waals surface area contributed by atoms with E-state index in [1.807, 2.05) is 0 Å². The van der Waals surface area contributed by atoms with E-state index in [-0.39, 0.29) is 12.3 Å². The number of ketones is 1. The lowest BCUT2D eigenvalue weighted by molar-refractivity contribution is -0.165. The standard InChI is InChI=1S/C13H14F3NO2/c1-9(7-12(19)13(14,15)16)17-11(8-18)10-5-3-2-4-6-10/h2-7,11,17-18H,8H2,1H3/b9-7+. The lowest BCUT2D eigenvalue weighted by Crippen LogP contribution is -2.26. The van der Waals surface area contributed by atoms with Crippen molar-refractivity contribution in [3.05, 3.63) is 47.7 Å². The third-order valence-corrected chi connectivity index (χ3v) is 2.41. The number of nitrogens with one attached hydrogen (secondary N) is 1. The van der Waals surface area contributed by atoms with Gasteiger partial charge in [-0.2, -0.15) is 13.2 Å². The molecule has 1 rings (SSSR count). The highest BCUT2D eigenvalue weighted by atomic mass is 19.4. The summed E-state index contributed by atoms with van der Waals surface area (Å²) in [6, 6.07) is 8.19. The van der Waals surface area contributed by atoms with E-state index in [4.69, 9.17) is 0 Å². The molecular weight excluding hydrogens is 259 g/mol. The summed E-state index contributed by atoms with van der Waals surface area (Å²) < 4.78 is 36.2. The van der Waals surface area contributed by atoms with Crippen molar-refractivity contribution in [2.24, 2.45) is 0 Å². The minimum Gasteiger partial charge on any atom is -0.394 e. The van der Waals surface area contributed by atoms with Crippen LogP contribution in [0.5, 0.6) is 0 Å². The van der Waals surface area contributed by atoms with Crippen LogP contribution in [-0.2, 0) is 4.79 Å². The van der Waals surface area contributed by atoms with Crippen LogP contribution in [0.25, 0.3) is 0 Å². The fraction of sp³-hybridized carbons (Fsp3) is 0.308. The molecule has 0 saturated heterocycles. The Morgan fingerprint density at radius 3 is 2.42 bits per heavy atom. The first-order chi connectivity index (χ1) is 8.84. The van der Waals surface area contributed by atoms with Crippen LogP contribution < -0.4 is 5.32 Å². The molecule has 0 aliphatic heterocycles. The van der Waals surface area contributed by atoms with E-state index in [0.29, 0.717) is 6.08 Å². The van der Waals surface area contributed by atoms with Gasteiger partial charge in [0.1, 0.15) is 0 Å². The Morgan fingerprint density at radius 2 is 1.95 bits per heavy atom. The minimum atomic E-state index is -4.88. The van der Waals surface area contributed by atoms with Crippen LogP contribution in [0.2, 0.25) is 0 Å². The molecule has 1 aromatic carbocycles. The SMILES string of the molecule is C/C(=C\C(=O)C(F)(F)F)NC(CO)c1ccccc1. The van der Waals surface area contributed by atoms with E-state index < -0.39 is 18.0 Å². The molecular formula is C13H14F3NO2. The Hall–Kier alpha value is -1.82. The molecule has 2 N–H and O–H groups in total. The van der Waals surface area contributed by atoms with Crippen molar-refractivity contribution in [1.29, 1.82) is 0 Å². The molecule has 0 bridgehead atoms. The number of hydrogen-bond acceptors (Lipinski definition) is 3. The Balaban J connectivity index is 2.77. The van der Waals surface area contributed by atoms with E-state index in [1.54, 1.807) is 30.3 Å². The van der Waals surface area contributed by atoms with E-state index in [1.165, 1.54) is 6.92 Å². The first-order valence-electron chi connectivity index (χ1n) is 5.56. The van der Waals surface area contributed by atoms with Crippen molar-refractivity contribution in [2.45, 2.75) is 19.1 Å². The largest absolute Gasteiger partial charge is 0.454 e. The maximum Gasteiger partial charge on any atom is 0.454 e. The number of halogens is 3. The lowest BCUT2D eigenvalue weighted by Gasteiger charge is -2.18. The number of allylic oxidation sites excluding steroid dienone is 2. The van der Waals surface area contributed by atoms with E-state index in [9.17, 15) is 23.1 Å². The lowest BCUT2D eigenvalue weighted by atomic mass is 10.1. The molecule has 6 heteroatoms. The Morgan fingerprint density at radius 1 is 1.37 bits per heavy atom. The van der Waals surface area contributed by atoms with Gasteiger partial charge in [0.15, 0.2) is 0 Å². The van der Waals surface area contributed by atoms with Crippen molar-refractivity contribution in [2.75, 3.05) is 6.61 Å². The summed E-state index contributed by atoms with van der Waals surface area (Å²) in [7, 11) is 0. The van der Waals surface area contributed by atoms with Gasteiger partial charge in [-0.15, -0.1) is 0 Å². The van der Waals surface area contributed by atoms with Gasteiger partial charge in [0.25, 0.3) is 5.78 Å². The first-order valence-corrected chi connectivity index (χ1v) is 5.56. The molecule has 0 amide bonds. The molecule has 0 aliphatic carbocycles. The summed E-state index contributed by atoms with van der Waals surface area (Å²) in [5.74, 6) is -1.93. The van der Waals surface area contributed by atoms with Gasteiger partial charge >= 0.3 is 6.18 Å². The molecule has 0 aromatic heterocycles. The number of hydrogen-bond donors (Lipinski definition) is 2. The van der Waals surface area contributed by atoms with Gasteiger partial charge in [-0.3, -0.25) is 4.79 Å². The third-order valence-electron chi connectivity index (χ3n) is 2.41. The van der Waals surface area contributed by atoms with Crippen LogP contribution >= 0.6 is 0 Å². The second kappa shape index (κ2) is 6.38. The molecule has 1 atom stereocenters. The Bertz CT molecular complexity index is 455. The second-order valence-electron chi connectivity index (χ2n) is 3.98. The van der Waals surface area contributed by atoms with Crippen LogP contribution in [0.4, 0.5) is 13.2 Å². The molecule has 1 unspecified atom stereocenters. The predicted molar refractivity (Wildman–Crippen MR) is 64.2 cm³/mol. The van der Waals surface area contributed by atoms with Crippen molar-refractivity contribution in [3.8, 4) is 0 Å². The molecule has 0 aliphatic rings. The van der Waals surface area contributed by atoms with Crippen molar-refractivity contribution in [3.63, 3.8) is 0 Å². The molecule has 104 valence electrons. The molecule has 0 saturated carbocycles. The average Bonchev–Trinajstić information content (AvgIpc) is 2.35. The third kappa shape index (κ3) is 4.75. The van der Waals surface area contributed by atoms with Crippen LogP contribution in [0.1, 0.15) is 18.5 Å². The minimum absolute atomic E-state index is 0.0465. The highest BCUT2D eigenvalue weighted by molar-refractivity contribution is 5.94. The van der Waals surface area contributed by atoms with Gasteiger partial charge < -0.3 is 10.4 Å². The number of aliphatic hydroxyl groups is 1. The molecule has 1 aromatic rings. The van der Waals surface area contributed by atoms with Crippen LogP contribution in [-0.4, -0.2) is 23.7 Å². The Labute approximate surface area is 108 Å². The molecule has 0 spiro atoms. The first kappa shape index (κ1) is 15.2. The van der Waals surface area contributed by atoms with Gasteiger partial charge in [0.2, 0.25) is 0 Å². The highest BCUT2D eigenvalue weighted by Gasteiger charge is 2.36. The molecule has 0 radical (unpaired) electrons. The maximum absolute atomic E-state index is 12.1. The number of carbonyl (C=O) groups excluding carboxylic acids is 1. The number of carbonyl (C=O) groups is 1. The summed E-state index contributed by atoms with van der Waals surface area (Å²) in [4.78, 5) is 10.8. The van der Waals surface area contributed by atoms with Crippen molar-refractivity contribution >= 4 is 5.78 Å². The van der Waals surface area contributed by atoms with E-state index in [2.05, 4.69) is 5.32 Å². The summed E-state index contributed by atoms with van der Waals surface area (Å²) in [6.07, 6.45) is -4.41. The van der Waals surface area contributed by atoms with Gasteiger partial charge in [0, 0.05) is 11.8 Å².